The van der Waals surface area contributed by atoms with Gasteiger partial charge in [0.15, 0.2) is 0 Å². The largest absolute Gasteiger partial charge is 0.0882 e. The summed E-state index contributed by atoms with van der Waals surface area (Å²) >= 11 is 0. The zero-order valence-electron chi connectivity index (χ0n) is 13.6. The van der Waals surface area contributed by atoms with E-state index in [1.54, 1.807) is 0 Å². The maximum absolute atomic E-state index is 2.49. The highest BCUT2D eigenvalue weighted by molar-refractivity contribution is 4.99. The molecule has 0 N–H and O–H groups in total. The lowest BCUT2D eigenvalue weighted by Crippen LogP contribution is -2.21. The first kappa shape index (κ1) is 16.5. The monoisotopic (exact) mass is 262 g/mol. The van der Waals surface area contributed by atoms with E-state index in [0.717, 1.165) is 30.1 Å². The molecule has 0 fully saturated rings. The van der Waals surface area contributed by atoms with Crippen molar-refractivity contribution in [1.82, 2.24) is 0 Å². The van der Waals surface area contributed by atoms with Crippen LogP contribution >= 0.6 is 0 Å². The maximum Gasteiger partial charge on any atom is -0.0169 e. The second-order valence-corrected chi connectivity index (χ2v) is 6.52. The van der Waals surface area contributed by atoms with Crippen molar-refractivity contribution < 1.29 is 0 Å². The summed E-state index contributed by atoms with van der Waals surface area (Å²) in [5.41, 5.74) is 0. The van der Waals surface area contributed by atoms with Crippen LogP contribution in [-0.4, -0.2) is 0 Å². The second-order valence-electron chi connectivity index (χ2n) is 6.52. The van der Waals surface area contributed by atoms with Crippen molar-refractivity contribution in [1.29, 1.82) is 0 Å². The molecule has 0 aromatic heterocycles. The Morgan fingerprint density at radius 1 is 1.05 bits per heavy atom. The molecular formula is C19H34. The van der Waals surface area contributed by atoms with Gasteiger partial charge in [0.25, 0.3) is 0 Å². The molecule has 4 unspecified atom stereocenters. The van der Waals surface area contributed by atoms with Crippen molar-refractivity contribution in [2.75, 3.05) is 0 Å². The van der Waals surface area contributed by atoms with Crippen LogP contribution in [0.25, 0.3) is 0 Å². The van der Waals surface area contributed by atoms with E-state index in [2.05, 4.69) is 52.0 Å². The molecular weight excluding hydrogens is 228 g/mol. The summed E-state index contributed by atoms with van der Waals surface area (Å²) in [4.78, 5) is 0. The highest BCUT2D eigenvalue weighted by Gasteiger charge is 2.23. The summed E-state index contributed by atoms with van der Waals surface area (Å²) in [5, 5.41) is 0. The van der Waals surface area contributed by atoms with Gasteiger partial charge < -0.3 is 0 Å². The molecule has 1 aliphatic carbocycles. The molecule has 0 aromatic rings. The molecule has 0 spiro atoms. The third kappa shape index (κ3) is 5.97. The van der Waals surface area contributed by atoms with Crippen LogP contribution in [0.2, 0.25) is 0 Å². The summed E-state index contributed by atoms with van der Waals surface area (Å²) in [6, 6.07) is 0. The first-order valence-corrected chi connectivity index (χ1v) is 8.50. The average molecular weight is 262 g/mol. The fourth-order valence-electron chi connectivity index (χ4n) is 3.58. The number of hydrogen-bond acceptors (Lipinski definition) is 0. The van der Waals surface area contributed by atoms with E-state index in [9.17, 15) is 0 Å². The van der Waals surface area contributed by atoms with Gasteiger partial charge in [0, 0.05) is 0 Å². The van der Waals surface area contributed by atoms with E-state index in [1.165, 1.54) is 38.5 Å². The van der Waals surface area contributed by atoms with Crippen LogP contribution in [0.15, 0.2) is 24.3 Å². The van der Waals surface area contributed by atoms with E-state index in [1.807, 2.05) is 0 Å². The predicted molar refractivity (Wildman–Crippen MR) is 87.3 cm³/mol. The summed E-state index contributed by atoms with van der Waals surface area (Å²) in [6.45, 7) is 9.63. The van der Waals surface area contributed by atoms with Gasteiger partial charge in [-0.25, -0.2) is 0 Å². The Morgan fingerprint density at radius 3 is 2.53 bits per heavy atom. The van der Waals surface area contributed by atoms with E-state index < -0.39 is 0 Å². The molecule has 0 heterocycles. The Labute approximate surface area is 121 Å². The first-order chi connectivity index (χ1) is 9.19. The molecule has 0 saturated heterocycles. The van der Waals surface area contributed by atoms with E-state index in [4.69, 9.17) is 0 Å². The number of hydrogen-bond donors (Lipinski definition) is 0. The number of allylic oxidation sites excluding steroid dienone is 4. The number of rotatable bonds is 7. The van der Waals surface area contributed by atoms with Gasteiger partial charge in [-0.05, 0) is 49.4 Å². The highest BCUT2D eigenvalue weighted by atomic mass is 14.3. The predicted octanol–water partition coefficient (Wildman–Crippen LogP) is 6.39. The van der Waals surface area contributed by atoms with Crippen molar-refractivity contribution in [2.24, 2.45) is 23.7 Å². The molecule has 0 nitrogen and oxygen atoms in total. The van der Waals surface area contributed by atoms with Crippen LogP contribution in [0.3, 0.4) is 0 Å². The van der Waals surface area contributed by atoms with Crippen molar-refractivity contribution in [3.63, 3.8) is 0 Å². The third-order valence-electron chi connectivity index (χ3n) is 4.95. The SMILES string of the molecule is CCCC(C(C)CC)C(C)CC1C=CCC=CCC1. The Bertz CT molecular complexity index is 274. The van der Waals surface area contributed by atoms with Gasteiger partial charge in [0.2, 0.25) is 0 Å². The third-order valence-corrected chi connectivity index (χ3v) is 4.95. The topological polar surface area (TPSA) is 0 Å². The van der Waals surface area contributed by atoms with Gasteiger partial charge in [-0.2, -0.15) is 0 Å². The van der Waals surface area contributed by atoms with Crippen LogP contribution in [0, 0.1) is 23.7 Å². The summed E-state index contributed by atoms with van der Waals surface area (Å²) in [5.74, 6) is 3.48. The molecule has 1 rings (SSSR count). The fourth-order valence-corrected chi connectivity index (χ4v) is 3.58. The van der Waals surface area contributed by atoms with E-state index in [-0.39, 0.29) is 0 Å². The molecule has 0 amide bonds. The average Bonchev–Trinajstić information content (AvgIpc) is 2.38. The van der Waals surface area contributed by atoms with Crippen LogP contribution < -0.4 is 0 Å². The van der Waals surface area contributed by atoms with E-state index >= 15 is 0 Å². The van der Waals surface area contributed by atoms with Crippen molar-refractivity contribution in [3.8, 4) is 0 Å². The molecule has 0 heteroatoms. The van der Waals surface area contributed by atoms with Crippen molar-refractivity contribution >= 4 is 0 Å². The summed E-state index contributed by atoms with van der Waals surface area (Å²) < 4.78 is 0. The van der Waals surface area contributed by atoms with Crippen molar-refractivity contribution in [3.05, 3.63) is 24.3 Å². The highest BCUT2D eigenvalue weighted by Crippen LogP contribution is 2.33. The lowest BCUT2D eigenvalue weighted by molar-refractivity contribution is 0.205. The summed E-state index contributed by atoms with van der Waals surface area (Å²) in [7, 11) is 0. The zero-order valence-corrected chi connectivity index (χ0v) is 13.6. The molecule has 0 saturated carbocycles. The van der Waals surface area contributed by atoms with Gasteiger partial charge in [0.05, 0.1) is 0 Å². The Morgan fingerprint density at radius 2 is 1.84 bits per heavy atom. The van der Waals surface area contributed by atoms with Gasteiger partial charge in [-0.15, -0.1) is 0 Å². The van der Waals surface area contributed by atoms with Crippen LogP contribution in [-0.2, 0) is 0 Å². The van der Waals surface area contributed by atoms with Crippen molar-refractivity contribution in [2.45, 2.75) is 72.6 Å². The summed E-state index contributed by atoms with van der Waals surface area (Å²) in [6.07, 6.45) is 18.7. The molecule has 0 aromatic carbocycles. The minimum Gasteiger partial charge on any atom is -0.0882 e. The standard InChI is InChI=1S/C19H34/c1-5-12-19(16(3)6-2)17(4)15-18-13-10-8-7-9-11-14-18/h7-8,11,14,16-19H,5-6,9-10,12-13,15H2,1-4H3. The Hall–Kier alpha value is -0.520. The fraction of sp³-hybridized carbons (Fsp3) is 0.789. The Kier molecular flexibility index (Phi) is 8.18. The molecule has 0 radical (unpaired) electrons. The molecule has 110 valence electrons. The molecule has 4 atom stereocenters. The maximum atomic E-state index is 2.49. The first-order valence-electron chi connectivity index (χ1n) is 8.50. The van der Waals surface area contributed by atoms with Crippen LogP contribution in [0.4, 0.5) is 0 Å². The molecule has 0 bridgehead atoms. The molecule has 0 aliphatic heterocycles. The van der Waals surface area contributed by atoms with Crippen LogP contribution in [0.1, 0.15) is 72.6 Å². The van der Waals surface area contributed by atoms with Crippen LogP contribution in [0.5, 0.6) is 0 Å². The lowest BCUT2D eigenvalue weighted by Gasteiger charge is -2.31. The van der Waals surface area contributed by atoms with E-state index in [0.29, 0.717) is 0 Å². The smallest absolute Gasteiger partial charge is 0.0169 e. The molecule has 19 heavy (non-hydrogen) atoms. The minimum absolute atomic E-state index is 0.809. The second kappa shape index (κ2) is 9.39. The quantitative estimate of drug-likeness (QED) is 0.466. The Balaban J connectivity index is 2.54. The molecule has 1 aliphatic rings. The van der Waals surface area contributed by atoms with Gasteiger partial charge in [-0.1, -0.05) is 71.3 Å². The normalized spacial score (nSPS) is 24.5. The minimum atomic E-state index is 0.809. The zero-order chi connectivity index (χ0) is 14.1. The van der Waals surface area contributed by atoms with Gasteiger partial charge in [0.1, 0.15) is 0 Å². The van der Waals surface area contributed by atoms with Gasteiger partial charge >= 0.3 is 0 Å². The lowest BCUT2D eigenvalue weighted by atomic mass is 9.75. The van der Waals surface area contributed by atoms with Gasteiger partial charge in [-0.3, -0.25) is 0 Å².